The van der Waals surface area contributed by atoms with Crippen LogP contribution in [0.3, 0.4) is 0 Å². The first kappa shape index (κ1) is 14.3. The van der Waals surface area contributed by atoms with Gasteiger partial charge in [-0.25, -0.2) is 4.39 Å². The summed E-state index contributed by atoms with van der Waals surface area (Å²) in [6.07, 6.45) is 2.36. The lowest BCUT2D eigenvalue weighted by Crippen LogP contribution is -2.30. The van der Waals surface area contributed by atoms with E-state index in [1.807, 2.05) is 0 Å². The third-order valence-electron chi connectivity index (χ3n) is 3.64. The van der Waals surface area contributed by atoms with Gasteiger partial charge in [-0.05, 0) is 43.4 Å². The normalized spacial score (nSPS) is 21.1. The maximum atomic E-state index is 13.3. The van der Waals surface area contributed by atoms with Gasteiger partial charge in [-0.2, -0.15) is 0 Å². The first-order valence-electron chi connectivity index (χ1n) is 6.85. The molecular formula is C15H22FNO2. The predicted octanol–water partition coefficient (Wildman–Crippen LogP) is 2.91. The zero-order chi connectivity index (χ0) is 13.7. The molecule has 2 rings (SSSR count). The number of hydrogen-bond acceptors (Lipinski definition) is 3. The molecule has 0 saturated carbocycles. The summed E-state index contributed by atoms with van der Waals surface area (Å²) in [4.78, 5) is 0. The van der Waals surface area contributed by atoms with Crippen LogP contribution in [0.15, 0.2) is 18.2 Å². The summed E-state index contributed by atoms with van der Waals surface area (Å²) >= 11 is 0. The minimum Gasteiger partial charge on any atom is -0.494 e. The third kappa shape index (κ3) is 3.91. The Balaban J connectivity index is 1.89. The zero-order valence-corrected chi connectivity index (χ0v) is 11.6. The van der Waals surface area contributed by atoms with Gasteiger partial charge in [0.2, 0.25) is 0 Å². The van der Waals surface area contributed by atoms with Gasteiger partial charge in [-0.3, -0.25) is 0 Å². The van der Waals surface area contributed by atoms with Gasteiger partial charge in [0, 0.05) is 19.2 Å². The highest BCUT2D eigenvalue weighted by molar-refractivity contribution is 5.31. The van der Waals surface area contributed by atoms with Crippen LogP contribution < -0.4 is 10.1 Å². The molecule has 2 atom stereocenters. The summed E-state index contributed by atoms with van der Waals surface area (Å²) in [5.74, 6) is 0.560. The van der Waals surface area contributed by atoms with Gasteiger partial charge >= 0.3 is 0 Å². The number of rotatable bonds is 5. The van der Waals surface area contributed by atoms with Gasteiger partial charge in [0.1, 0.15) is 0 Å². The summed E-state index contributed by atoms with van der Waals surface area (Å²) in [6.45, 7) is 4.74. The number of halogens is 1. The van der Waals surface area contributed by atoms with E-state index < -0.39 is 0 Å². The summed E-state index contributed by atoms with van der Waals surface area (Å²) in [7, 11) is 1.49. The van der Waals surface area contributed by atoms with Gasteiger partial charge in [0.05, 0.1) is 13.7 Å². The van der Waals surface area contributed by atoms with Crippen LogP contribution in [-0.4, -0.2) is 26.9 Å². The highest BCUT2D eigenvalue weighted by Gasteiger charge is 2.15. The summed E-state index contributed by atoms with van der Waals surface area (Å²) in [5, 5.41) is 3.48. The number of hydrogen-bond donors (Lipinski definition) is 1. The molecule has 0 aromatic heterocycles. The van der Waals surface area contributed by atoms with Crippen molar-refractivity contribution in [1.82, 2.24) is 5.32 Å². The molecule has 0 amide bonds. The first-order chi connectivity index (χ1) is 9.20. The van der Waals surface area contributed by atoms with E-state index >= 15 is 0 Å². The Morgan fingerprint density at radius 1 is 1.53 bits per heavy atom. The van der Waals surface area contributed by atoms with E-state index in [4.69, 9.17) is 9.47 Å². The molecule has 1 aromatic carbocycles. The second-order valence-electron chi connectivity index (χ2n) is 5.11. The van der Waals surface area contributed by atoms with Crippen LogP contribution in [0, 0.1) is 11.7 Å². The lowest BCUT2D eigenvalue weighted by molar-refractivity contribution is 0.0540. The van der Waals surface area contributed by atoms with E-state index in [0.717, 1.165) is 31.7 Å². The number of methoxy groups -OCH3 is 1. The van der Waals surface area contributed by atoms with Crippen LogP contribution in [0.5, 0.6) is 5.75 Å². The van der Waals surface area contributed by atoms with Crippen molar-refractivity contribution in [1.29, 1.82) is 0 Å². The van der Waals surface area contributed by atoms with Gasteiger partial charge in [0.15, 0.2) is 11.6 Å². The molecule has 1 aliphatic heterocycles. The maximum absolute atomic E-state index is 13.3. The van der Waals surface area contributed by atoms with Crippen LogP contribution in [-0.2, 0) is 4.74 Å². The van der Waals surface area contributed by atoms with Gasteiger partial charge in [0.25, 0.3) is 0 Å². The Bertz CT molecular complexity index is 405. The Morgan fingerprint density at radius 3 is 3.05 bits per heavy atom. The van der Waals surface area contributed by atoms with Crippen molar-refractivity contribution in [2.24, 2.45) is 5.92 Å². The largest absolute Gasteiger partial charge is 0.494 e. The van der Waals surface area contributed by atoms with Crippen molar-refractivity contribution >= 4 is 0 Å². The molecule has 0 bridgehead atoms. The number of benzene rings is 1. The summed E-state index contributed by atoms with van der Waals surface area (Å²) < 4.78 is 23.8. The maximum Gasteiger partial charge on any atom is 0.165 e. The lowest BCUT2D eigenvalue weighted by Gasteiger charge is -2.24. The van der Waals surface area contributed by atoms with E-state index in [0.29, 0.717) is 11.7 Å². The van der Waals surface area contributed by atoms with Crippen LogP contribution in [0.1, 0.15) is 31.4 Å². The van der Waals surface area contributed by atoms with Crippen molar-refractivity contribution in [2.75, 3.05) is 26.9 Å². The second kappa shape index (κ2) is 6.87. The molecule has 1 saturated heterocycles. The topological polar surface area (TPSA) is 30.5 Å². The van der Waals surface area contributed by atoms with Gasteiger partial charge in [-0.1, -0.05) is 6.07 Å². The van der Waals surface area contributed by atoms with E-state index in [1.165, 1.54) is 19.6 Å². The van der Waals surface area contributed by atoms with Crippen molar-refractivity contribution in [3.05, 3.63) is 29.6 Å². The lowest BCUT2D eigenvalue weighted by atomic mass is 10.0. The van der Waals surface area contributed by atoms with Crippen molar-refractivity contribution < 1.29 is 13.9 Å². The van der Waals surface area contributed by atoms with Crippen LogP contribution in [0.25, 0.3) is 0 Å². The van der Waals surface area contributed by atoms with E-state index in [-0.39, 0.29) is 11.9 Å². The summed E-state index contributed by atoms with van der Waals surface area (Å²) in [5.41, 5.74) is 1.04. The van der Waals surface area contributed by atoms with E-state index in [2.05, 4.69) is 12.2 Å². The molecule has 1 aromatic rings. The monoisotopic (exact) mass is 267 g/mol. The Kier molecular flexibility index (Phi) is 5.16. The Labute approximate surface area is 114 Å². The quantitative estimate of drug-likeness (QED) is 0.889. The summed E-state index contributed by atoms with van der Waals surface area (Å²) in [6, 6.07) is 5.18. The molecule has 1 aliphatic rings. The zero-order valence-electron chi connectivity index (χ0n) is 11.6. The molecule has 3 nitrogen and oxygen atoms in total. The van der Waals surface area contributed by atoms with Gasteiger partial charge < -0.3 is 14.8 Å². The van der Waals surface area contributed by atoms with E-state index in [1.54, 1.807) is 12.1 Å². The third-order valence-corrected chi connectivity index (χ3v) is 3.64. The number of ether oxygens (including phenoxy) is 2. The Hall–Kier alpha value is -1.13. The van der Waals surface area contributed by atoms with E-state index in [9.17, 15) is 4.39 Å². The van der Waals surface area contributed by atoms with Crippen LogP contribution >= 0.6 is 0 Å². The molecule has 0 spiro atoms. The SMILES string of the molecule is COc1cc(C(C)NCC2CCCOC2)ccc1F. The smallest absolute Gasteiger partial charge is 0.165 e. The Morgan fingerprint density at radius 2 is 2.37 bits per heavy atom. The predicted molar refractivity (Wildman–Crippen MR) is 72.9 cm³/mol. The minimum absolute atomic E-state index is 0.177. The van der Waals surface area contributed by atoms with Crippen LogP contribution in [0.2, 0.25) is 0 Å². The molecule has 0 aliphatic carbocycles. The molecule has 19 heavy (non-hydrogen) atoms. The highest BCUT2D eigenvalue weighted by Crippen LogP contribution is 2.23. The molecular weight excluding hydrogens is 245 g/mol. The molecule has 1 N–H and O–H groups in total. The van der Waals surface area contributed by atoms with Crippen LogP contribution in [0.4, 0.5) is 4.39 Å². The fraction of sp³-hybridized carbons (Fsp3) is 0.600. The standard InChI is InChI=1S/C15H22FNO2/c1-11(17-9-12-4-3-7-19-10-12)13-5-6-14(16)15(8-13)18-2/h5-6,8,11-12,17H,3-4,7,9-10H2,1-2H3. The van der Waals surface area contributed by atoms with Crippen molar-refractivity contribution in [3.8, 4) is 5.75 Å². The second-order valence-corrected chi connectivity index (χ2v) is 5.11. The van der Waals surface area contributed by atoms with Crippen molar-refractivity contribution in [2.45, 2.75) is 25.8 Å². The molecule has 0 radical (unpaired) electrons. The number of nitrogens with one attached hydrogen (secondary N) is 1. The first-order valence-corrected chi connectivity index (χ1v) is 6.85. The minimum atomic E-state index is -0.320. The molecule has 2 unspecified atom stereocenters. The average molecular weight is 267 g/mol. The molecule has 4 heteroatoms. The fourth-order valence-corrected chi connectivity index (χ4v) is 2.38. The highest BCUT2D eigenvalue weighted by atomic mass is 19.1. The van der Waals surface area contributed by atoms with Gasteiger partial charge in [-0.15, -0.1) is 0 Å². The molecule has 1 fully saturated rings. The average Bonchev–Trinajstić information content (AvgIpc) is 2.46. The fourth-order valence-electron chi connectivity index (χ4n) is 2.38. The molecule has 1 heterocycles. The molecule has 106 valence electrons. The van der Waals surface area contributed by atoms with Crippen molar-refractivity contribution in [3.63, 3.8) is 0 Å².